The minimum atomic E-state index is -4.61. The van der Waals surface area contributed by atoms with Gasteiger partial charge in [0.2, 0.25) is 5.88 Å². The van der Waals surface area contributed by atoms with E-state index in [2.05, 4.69) is 15.0 Å². The van der Waals surface area contributed by atoms with Crippen molar-refractivity contribution in [3.63, 3.8) is 0 Å². The third-order valence-electron chi connectivity index (χ3n) is 5.61. The van der Waals surface area contributed by atoms with Crippen LogP contribution in [-0.2, 0) is 16.5 Å². The Balaban J connectivity index is 1.77. The maximum Gasteiger partial charge on any atom is 0.433 e. The highest BCUT2D eigenvalue weighted by Crippen LogP contribution is 2.35. The lowest BCUT2D eigenvalue weighted by Gasteiger charge is -2.35. The number of rotatable bonds is 6. The second kappa shape index (κ2) is 10.8. The maximum absolute atomic E-state index is 13.0. The molecule has 0 bridgehead atoms. The Morgan fingerprint density at radius 3 is 2.42 bits per heavy atom. The number of hydrogen-bond donors (Lipinski definition) is 1. The van der Waals surface area contributed by atoms with E-state index in [0.717, 1.165) is 6.07 Å². The smallest absolute Gasteiger partial charge is 0.433 e. The predicted octanol–water partition coefficient (Wildman–Crippen LogP) is 5.01. The van der Waals surface area contributed by atoms with Crippen molar-refractivity contribution in [3.8, 4) is 5.88 Å². The molecular formula is C24H31F3N4O4S. The Labute approximate surface area is 212 Å². The van der Waals surface area contributed by atoms with Gasteiger partial charge >= 0.3 is 12.3 Å². The summed E-state index contributed by atoms with van der Waals surface area (Å²) in [4.78, 5) is 26.5. The zero-order chi connectivity index (χ0) is 26.7. The Hall–Kier alpha value is -2.60. The van der Waals surface area contributed by atoms with E-state index in [1.807, 2.05) is 27.0 Å². The fraction of sp³-hybridized carbons (Fsp3) is 0.583. The molecule has 1 saturated heterocycles. The van der Waals surface area contributed by atoms with Gasteiger partial charge in [-0.2, -0.15) is 13.2 Å². The first-order chi connectivity index (χ1) is 16.7. The normalized spacial score (nSPS) is 17.0. The monoisotopic (exact) mass is 528 g/mol. The molecule has 2 aromatic rings. The molecule has 0 aliphatic carbocycles. The summed E-state index contributed by atoms with van der Waals surface area (Å²) in [6.45, 7) is 7.51. The number of piperidine rings is 1. The van der Waals surface area contributed by atoms with Gasteiger partial charge in [-0.3, -0.25) is 0 Å². The molecule has 0 spiro atoms. The average Bonchev–Trinajstić information content (AvgIpc) is 2.81. The minimum Gasteiger partial charge on any atom is -0.474 e. The molecule has 0 saturated carbocycles. The van der Waals surface area contributed by atoms with Crippen LogP contribution < -0.4 is 4.74 Å². The zero-order valence-corrected chi connectivity index (χ0v) is 21.7. The van der Waals surface area contributed by atoms with Crippen LogP contribution in [-0.4, -0.2) is 62.6 Å². The van der Waals surface area contributed by atoms with Crippen LogP contribution in [0.15, 0.2) is 29.6 Å². The molecule has 198 valence electrons. The molecule has 1 N–H and O–H groups in total. The molecule has 1 fully saturated rings. The number of alkyl halides is 3. The van der Waals surface area contributed by atoms with Crippen LogP contribution >= 0.6 is 11.8 Å². The molecule has 0 aromatic carbocycles. The molecule has 1 unspecified atom stereocenters. The third kappa shape index (κ3) is 7.22. The molecule has 3 heterocycles. The molecule has 0 radical (unpaired) electrons. The molecule has 1 amide bonds. The van der Waals surface area contributed by atoms with E-state index in [1.54, 1.807) is 4.90 Å². The quantitative estimate of drug-likeness (QED) is 0.413. The van der Waals surface area contributed by atoms with Gasteiger partial charge in [-0.1, -0.05) is 17.8 Å². The number of halogens is 3. The van der Waals surface area contributed by atoms with Gasteiger partial charge in [0.1, 0.15) is 23.5 Å². The predicted molar refractivity (Wildman–Crippen MR) is 128 cm³/mol. The first kappa shape index (κ1) is 28.0. The summed E-state index contributed by atoms with van der Waals surface area (Å²) in [5.74, 6) is -0.315. The van der Waals surface area contributed by atoms with Gasteiger partial charge in [0, 0.05) is 36.8 Å². The molecule has 1 atom stereocenters. The van der Waals surface area contributed by atoms with Crippen molar-refractivity contribution in [1.82, 2.24) is 19.9 Å². The van der Waals surface area contributed by atoms with E-state index >= 15 is 0 Å². The van der Waals surface area contributed by atoms with E-state index in [9.17, 15) is 23.1 Å². The van der Waals surface area contributed by atoms with Crippen LogP contribution in [0.4, 0.5) is 18.0 Å². The summed E-state index contributed by atoms with van der Waals surface area (Å²) in [5, 5.41) is 11.8. The number of pyridine rings is 1. The first-order valence-corrected chi connectivity index (χ1v) is 12.7. The first-order valence-electron chi connectivity index (χ1n) is 11.5. The summed E-state index contributed by atoms with van der Waals surface area (Å²) >= 11 is 1.36. The Morgan fingerprint density at radius 1 is 1.17 bits per heavy atom. The number of ether oxygens (including phenoxy) is 2. The van der Waals surface area contributed by atoms with Gasteiger partial charge < -0.3 is 19.5 Å². The number of amides is 1. The Morgan fingerprint density at radius 2 is 1.83 bits per heavy atom. The van der Waals surface area contributed by atoms with E-state index in [4.69, 9.17) is 9.47 Å². The summed E-state index contributed by atoms with van der Waals surface area (Å²) in [7, 11) is 0. The zero-order valence-electron chi connectivity index (χ0n) is 20.9. The summed E-state index contributed by atoms with van der Waals surface area (Å²) in [5.41, 5.74) is -2.23. The molecule has 1 aliphatic rings. The second-order valence-corrected chi connectivity index (χ2v) is 10.6. The Kier molecular flexibility index (Phi) is 8.39. The fourth-order valence-corrected chi connectivity index (χ4v) is 4.16. The van der Waals surface area contributed by atoms with Gasteiger partial charge in [0.25, 0.3) is 0 Å². The van der Waals surface area contributed by atoms with Crippen molar-refractivity contribution in [2.24, 2.45) is 0 Å². The number of carbonyl (C=O) groups excluding carboxylic acids is 1. The highest BCUT2D eigenvalue weighted by Gasteiger charge is 2.36. The van der Waals surface area contributed by atoms with Crippen LogP contribution in [0.2, 0.25) is 0 Å². The number of thioether (sulfide) groups is 1. The Bertz CT molecular complexity index is 1070. The van der Waals surface area contributed by atoms with Crippen LogP contribution in [0.1, 0.15) is 63.4 Å². The number of carbonyl (C=O) groups is 1. The highest BCUT2D eigenvalue weighted by atomic mass is 32.2. The second-order valence-electron chi connectivity index (χ2n) is 9.82. The molecular weight excluding hydrogens is 497 g/mol. The van der Waals surface area contributed by atoms with E-state index in [1.165, 1.54) is 37.0 Å². The largest absolute Gasteiger partial charge is 0.474 e. The number of hydrogen-bond acceptors (Lipinski definition) is 8. The summed E-state index contributed by atoms with van der Waals surface area (Å²) in [6, 6.07) is 3.34. The minimum absolute atomic E-state index is 0.0641. The van der Waals surface area contributed by atoms with Gasteiger partial charge in [-0.25, -0.2) is 19.7 Å². The van der Waals surface area contributed by atoms with Gasteiger partial charge in [0.15, 0.2) is 5.16 Å². The van der Waals surface area contributed by atoms with Crippen molar-refractivity contribution in [3.05, 3.63) is 41.3 Å². The number of likely N-dealkylation sites (tertiary alicyclic amines) is 1. The van der Waals surface area contributed by atoms with Crippen molar-refractivity contribution >= 4 is 17.9 Å². The molecule has 3 rings (SSSR count). The van der Waals surface area contributed by atoms with E-state index in [-0.39, 0.29) is 24.5 Å². The lowest BCUT2D eigenvalue weighted by molar-refractivity contribution is -0.141. The topological polar surface area (TPSA) is 97.7 Å². The van der Waals surface area contributed by atoms with Crippen LogP contribution in [0.25, 0.3) is 0 Å². The average molecular weight is 529 g/mol. The molecule has 2 aromatic heterocycles. The lowest BCUT2D eigenvalue weighted by atomic mass is 9.86. The third-order valence-corrected chi connectivity index (χ3v) is 6.17. The van der Waals surface area contributed by atoms with Crippen molar-refractivity contribution in [1.29, 1.82) is 0 Å². The van der Waals surface area contributed by atoms with E-state index in [0.29, 0.717) is 42.3 Å². The van der Waals surface area contributed by atoms with Gasteiger partial charge in [0.05, 0.1) is 5.69 Å². The van der Waals surface area contributed by atoms with Crippen LogP contribution in [0.5, 0.6) is 5.88 Å². The van der Waals surface area contributed by atoms with Crippen molar-refractivity contribution in [2.45, 2.75) is 69.0 Å². The number of nitrogens with zero attached hydrogens (tertiary/aromatic N) is 4. The summed E-state index contributed by atoms with van der Waals surface area (Å²) < 4.78 is 49.9. The van der Waals surface area contributed by atoms with Crippen LogP contribution in [0, 0.1) is 0 Å². The number of aromatic nitrogens is 3. The standard InChI is InChI=1S/C24H31F3N4O4S/c1-22(2,3)35-21(32)31-11-9-15(10-12-31)19-16(13-28-20(30-19)36-5)23(4,33)14-34-18-8-6-7-17(29-18)24(25,26)27/h6-8,13,15,33H,9-12,14H2,1-5H3. The van der Waals surface area contributed by atoms with Gasteiger partial charge in [-0.15, -0.1) is 0 Å². The fourth-order valence-electron chi connectivity index (χ4n) is 3.81. The lowest BCUT2D eigenvalue weighted by Crippen LogP contribution is -2.42. The van der Waals surface area contributed by atoms with E-state index < -0.39 is 23.1 Å². The molecule has 12 heteroatoms. The van der Waals surface area contributed by atoms with Crippen molar-refractivity contribution < 1.29 is 32.5 Å². The van der Waals surface area contributed by atoms with Crippen LogP contribution in [0.3, 0.4) is 0 Å². The highest BCUT2D eigenvalue weighted by molar-refractivity contribution is 7.98. The maximum atomic E-state index is 13.0. The molecule has 1 aliphatic heterocycles. The van der Waals surface area contributed by atoms with Gasteiger partial charge in [-0.05, 0) is 52.9 Å². The molecule has 8 nitrogen and oxygen atoms in total. The number of aliphatic hydroxyl groups is 1. The van der Waals surface area contributed by atoms with Crippen molar-refractivity contribution in [2.75, 3.05) is 26.0 Å². The summed E-state index contributed by atoms with van der Waals surface area (Å²) in [6.07, 6.45) is -0.415. The SMILES string of the molecule is CSc1ncc(C(C)(O)COc2cccc(C(F)(F)F)n2)c(C2CCN(C(=O)OC(C)(C)C)CC2)n1. The molecule has 36 heavy (non-hydrogen) atoms.